The molecule has 0 saturated heterocycles. The number of phenolic OH excluding ortho intramolecular Hbond substituents is 2. The fraction of sp³-hybridized carbons (Fsp3) is 0.0769. The smallest absolute Gasteiger partial charge is 0.196 e. The Bertz CT molecular complexity index is 1150. The summed E-state index contributed by atoms with van der Waals surface area (Å²) in [5.41, 5.74) is 1.16. The van der Waals surface area contributed by atoms with E-state index in [2.05, 4.69) is 0 Å². The van der Waals surface area contributed by atoms with Gasteiger partial charge in [0.25, 0.3) is 0 Å². The molecule has 162 valence electrons. The van der Waals surface area contributed by atoms with Gasteiger partial charge in [0, 0.05) is 17.2 Å². The normalized spacial score (nSPS) is 16.0. The summed E-state index contributed by atoms with van der Waals surface area (Å²) in [6.07, 6.45) is 5.85. The summed E-state index contributed by atoms with van der Waals surface area (Å²) in [6, 6.07) is 21.2. The van der Waals surface area contributed by atoms with E-state index in [4.69, 9.17) is 5.11 Å². The van der Waals surface area contributed by atoms with Crippen molar-refractivity contribution >= 4 is 11.6 Å². The number of carbonyl (C=O) groups is 2. The van der Waals surface area contributed by atoms with E-state index in [1.165, 1.54) is 30.4 Å². The molecule has 0 spiro atoms. The Balaban J connectivity index is 0.000000181. The first kappa shape index (κ1) is 22.7. The molecule has 4 N–H and O–H groups in total. The van der Waals surface area contributed by atoms with Crippen LogP contribution < -0.4 is 0 Å². The van der Waals surface area contributed by atoms with Gasteiger partial charge in [-0.05, 0) is 18.2 Å². The quantitative estimate of drug-likeness (QED) is 0.371. The lowest BCUT2D eigenvalue weighted by molar-refractivity contribution is -0.136. The Morgan fingerprint density at radius 1 is 0.750 bits per heavy atom. The van der Waals surface area contributed by atoms with E-state index in [1.54, 1.807) is 60.7 Å². The summed E-state index contributed by atoms with van der Waals surface area (Å²) >= 11 is 0. The van der Waals surface area contributed by atoms with Gasteiger partial charge in [0.2, 0.25) is 0 Å². The van der Waals surface area contributed by atoms with Crippen molar-refractivity contribution in [3.8, 4) is 11.5 Å². The first-order valence-corrected chi connectivity index (χ1v) is 9.81. The maximum absolute atomic E-state index is 12.0. The molecule has 4 rings (SSSR count). The third-order valence-corrected chi connectivity index (χ3v) is 4.82. The van der Waals surface area contributed by atoms with Crippen LogP contribution in [0.4, 0.5) is 0 Å². The molecule has 0 bridgehead atoms. The number of hydrogen-bond acceptors (Lipinski definition) is 6. The summed E-state index contributed by atoms with van der Waals surface area (Å²) in [4.78, 5) is 23.9. The van der Waals surface area contributed by atoms with E-state index >= 15 is 0 Å². The highest BCUT2D eigenvalue weighted by Gasteiger charge is 2.37. The number of rotatable bonds is 4. The lowest BCUT2D eigenvalue weighted by Crippen LogP contribution is -2.40. The number of aliphatic hydroxyl groups is 2. The second kappa shape index (κ2) is 9.87. The van der Waals surface area contributed by atoms with Crippen LogP contribution in [0, 0.1) is 5.92 Å². The lowest BCUT2D eigenvalue weighted by Gasteiger charge is -2.27. The standard InChI is InChI=1S/C13H12O3.C13H10O3/c14-12(10-6-2-1-3-7-10)11-8-4-5-9-13(11,15)16;14-10-6-7-11(12(15)8-10)13(16)9-4-2-1-3-5-9/h1-9,11,15-16H;1-8,14-15H. The molecular weight excluding hydrogens is 408 g/mol. The Hall–Kier alpha value is -4.00. The second-order valence-corrected chi connectivity index (χ2v) is 7.13. The predicted octanol–water partition coefficient (Wildman–Crippen LogP) is 3.62. The molecule has 0 aromatic heterocycles. The van der Waals surface area contributed by atoms with Crippen LogP contribution >= 0.6 is 0 Å². The van der Waals surface area contributed by atoms with E-state index in [1.807, 2.05) is 6.07 Å². The number of allylic oxidation sites excluding steroid dienone is 2. The highest BCUT2D eigenvalue weighted by atomic mass is 16.5. The largest absolute Gasteiger partial charge is 0.508 e. The van der Waals surface area contributed by atoms with Crippen molar-refractivity contribution in [3.63, 3.8) is 0 Å². The molecule has 6 heteroatoms. The number of Topliss-reactive ketones (excluding diaryl/α,β-unsaturated/α-hetero) is 1. The van der Waals surface area contributed by atoms with E-state index in [-0.39, 0.29) is 28.6 Å². The highest BCUT2D eigenvalue weighted by molar-refractivity contribution is 6.10. The van der Waals surface area contributed by atoms with Crippen molar-refractivity contribution < 1.29 is 30.0 Å². The SMILES string of the molecule is O=C(c1ccccc1)C1C=CC=CC1(O)O.O=C(c1ccccc1)c1ccc(O)cc1O. The van der Waals surface area contributed by atoms with E-state index in [0.29, 0.717) is 11.1 Å². The van der Waals surface area contributed by atoms with Gasteiger partial charge in [-0.3, -0.25) is 9.59 Å². The molecule has 0 radical (unpaired) electrons. The predicted molar refractivity (Wildman–Crippen MR) is 119 cm³/mol. The monoisotopic (exact) mass is 430 g/mol. The minimum atomic E-state index is -2.10. The zero-order valence-corrected chi connectivity index (χ0v) is 17.0. The molecule has 3 aromatic rings. The summed E-state index contributed by atoms with van der Waals surface area (Å²) in [5.74, 6) is -3.89. The fourth-order valence-electron chi connectivity index (χ4n) is 3.14. The first-order chi connectivity index (χ1) is 15.3. The molecule has 32 heavy (non-hydrogen) atoms. The van der Waals surface area contributed by atoms with Crippen LogP contribution in [0.25, 0.3) is 0 Å². The number of ketones is 2. The van der Waals surface area contributed by atoms with Gasteiger partial charge in [-0.1, -0.05) is 78.9 Å². The third kappa shape index (κ3) is 5.37. The van der Waals surface area contributed by atoms with Crippen molar-refractivity contribution in [2.45, 2.75) is 5.79 Å². The van der Waals surface area contributed by atoms with Crippen molar-refractivity contribution in [2.75, 3.05) is 0 Å². The van der Waals surface area contributed by atoms with Crippen molar-refractivity contribution in [1.82, 2.24) is 0 Å². The molecule has 1 atom stereocenters. The summed E-state index contributed by atoms with van der Waals surface area (Å²) in [5, 5.41) is 38.0. The van der Waals surface area contributed by atoms with Crippen LogP contribution in [0.5, 0.6) is 11.5 Å². The average Bonchev–Trinajstić information content (AvgIpc) is 2.80. The number of phenols is 2. The maximum atomic E-state index is 12.0. The molecule has 3 aromatic carbocycles. The van der Waals surface area contributed by atoms with Gasteiger partial charge in [0.05, 0.1) is 11.5 Å². The molecule has 0 heterocycles. The second-order valence-electron chi connectivity index (χ2n) is 7.13. The Labute approximate surface area is 185 Å². The van der Waals surface area contributed by atoms with Gasteiger partial charge < -0.3 is 20.4 Å². The molecular formula is C26H22O6. The average molecular weight is 430 g/mol. The summed E-state index contributed by atoms with van der Waals surface area (Å²) in [6.45, 7) is 0. The maximum Gasteiger partial charge on any atom is 0.196 e. The Morgan fingerprint density at radius 3 is 1.91 bits per heavy atom. The molecule has 6 nitrogen and oxygen atoms in total. The molecule has 1 aliphatic carbocycles. The summed E-state index contributed by atoms with van der Waals surface area (Å²) in [7, 11) is 0. The van der Waals surface area contributed by atoms with Crippen LogP contribution in [0.3, 0.4) is 0 Å². The van der Waals surface area contributed by atoms with Gasteiger partial charge in [-0.15, -0.1) is 0 Å². The van der Waals surface area contributed by atoms with Crippen LogP contribution in [-0.4, -0.2) is 37.8 Å². The van der Waals surface area contributed by atoms with Crippen LogP contribution in [0.1, 0.15) is 26.3 Å². The van der Waals surface area contributed by atoms with E-state index in [0.717, 1.165) is 6.07 Å². The number of benzene rings is 3. The van der Waals surface area contributed by atoms with Gasteiger partial charge in [-0.25, -0.2) is 0 Å². The minimum absolute atomic E-state index is 0.0675. The third-order valence-electron chi connectivity index (χ3n) is 4.82. The lowest BCUT2D eigenvalue weighted by atomic mass is 9.87. The van der Waals surface area contributed by atoms with Crippen LogP contribution in [0.15, 0.2) is 103 Å². The highest BCUT2D eigenvalue weighted by Crippen LogP contribution is 2.26. The molecule has 1 unspecified atom stereocenters. The molecule has 0 fully saturated rings. The number of hydrogen-bond donors (Lipinski definition) is 4. The zero-order valence-electron chi connectivity index (χ0n) is 17.0. The van der Waals surface area contributed by atoms with Crippen LogP contribution in [-0.2, 0) is 0 Å². The van der Waals surface area contributed by atoms with E-state index in [9.17, 15) is 24.9 Å². The van der Waals surface area contributed by atoms with Crippen LogP contribution in [0.2, 0.25) is 0 Å². The molecule has 0 aliphatic heterocycles. The molecule has 0 saturated carbocycles. The summed E-state index contributed by atoms with van der Waals surface area (Å²) < 4.78 is 0. The van der Waals surface area contributed by atoms with E-state index < -0.39 is 11.7 Å². The number of carbonyl (C=O) groups excluding carboxylic acids is 2. The van der Waals surface area contributed by atoms with Gasteiger partial charge in [0.1, 0.15) is 11.5 Å². The number of aromatic hydroxyl groups is 2. The minimum Gasteiger partial charge on any atom is -0.508 e. The Kier molecular flexibility index (Phi) is 7.00. The topological polar surface area (TPSA) is 115 Å². The zero-order chi connectivity index (χ0) is 23.1. The van der Waals surface area contributed by atoms with Gasteiger partial charge >= 0.3 is 0 Å². The first-order valence-electron chi connectivity index (χ1n) is 9.81. The molecule has 0 amide bonds. The fourth-order valence-corrected chi connectivity index (χ4v) is 3.14. The Morgan fingerprint density at radius 2 is 1.34 bits per heavy atom. The van der Waals surface area contributed by atoms with Crippen molar-refractivity contribution in [3.05, 3.63) is 120 Å². The van der Waals surface area contributed by atoms with Gasteiger partial charge in [-0.2, -0.15) is 0 Å². The molecule has 1 aliphatic rings. The van der Waals surface area contributed by atoms with Gasteiger partial charge in [0.15, 0.2) is 17.4 Å². The van der Waals surface area contributed by atoms with Crippen molar-refractivity contribution in [2.24, 2.45) is 5.92 Å². The van der Waals surface area contributed by atoms with Crippen molar-refractivity contribution in [1.29, 1.82) is 0 Å².